The summed E-state index contributed by atoms with van der Waals surface area (Å²) < 4.78 is 69.2. The van der Waals surface area contributed by atoms with Crippen molar-refractivity contribution in [3.8, 4) is 0 Å². The maximum atomic E-state index is 14.0. The molecule has 1 N–H and O–H groups in total. The van der Waals surface area contributed by atoms with Crippen molar-refractivity contribution in [3.63, 3.8) is 0 Å². The Bertz CT molecular complexity index is 1140. The van der Waals surface area contributed by atoms with E-state index >= 15 is 0 Å². The molecule has 0 atom stereocenters. The number of carbonyl (C=O) groups excluding carboxylic acids is 1. The summed E-state index contributed by atoms with van der Waals surface area (Å²) in [5.74, 6) is -10.5. The van der Waals surface area contributed by atoms with Crippen LogP contribution in [0.2, 0.25) is 0 Å². The largest absolute Gasteiger partial charge is 0.319 e. The molecular weight excluding hydrogens is 405 g/mol. The maximum absolute atomic E-state index is 14.0. The number of benzene rings is 2. The minimum absolute atomic E-state index is 0.294. The molecule has 1 aromatic heterocycles. The van der Waals surface area contributed by atoms with Crippen molar-refractivity contribution < 1.29 is 26.7 Å². The predicted octanol–water partition coefficient (Wildman–Crippen LogP) is 5.11. The van der Waals surface area contributed by atoms with Gasteiger partial charge in [0, 0.05) is 5.56 Å². The lowest BCUT2D eigenvalue weighted by molar-refractivity contribution is 0.102. The van der Waals surface area contributed by atoms with Gasteiger partial charge in [0.25, 0.3) is 5.91 Å². The molecule has 0 saturated carbocycles. The second-order valence-electron chi connectivity index (χ2n) is 7.01. The lowest BCUT2D eigenvalue weighted by atomic mass is 10.1. The third kappa shape index (κ3) is 3.67. The van der Waals surface area contributed by atoms with Crippen LogP contribution in [0.3, 0.4) is 0 Å². The molecule has 30 heavy (non-hydrogen) atoms. The fraction of sp³-hybridized carbons (Fsp3) is 0.238. The molecule has 0 aliphatic carbocycles. The van der Waals surface area contributed by atoms with Crippen LogP contribution in [0.15, 0.2) is 18.2 Å². The average molecular weight is 423 g/mol. The van der Waals surface area contributed by atoms with Crippen LogP contribution < -0.4 is 5.32 Å². The third-order valence-corrected chi connectivity index (χ3v) is 5.00. The number of nitrogens with one attached hydrogen (secondary N) is 1. The van der Waals surface area contributed by atoms with Gasteiger partial charge in [0.15, 0.2) is 23.3 Å². The van der Waals surface area contributed by atoms with E-state index in [1.165, 1.54) is 6.92 Å². The van der Waals surface area contributed by atoms with Crippen LogP contribution >= 0.6 is 0 Å². The second kappa shape index (κ2) is 7.89. The first-order valence-corrected chi connectivity index (χ1v) is 8.95. The van der Waals surface area contributed by atoms with E-state index in [9.17, 15) is 26.7 Å². The Morgan fingerprint density at radius 2 is 1.47 bits per heavy atom. The Morgan fingerprint density at radius 1 is 0.900 bits per heavy atom. The van der Waals surface area contributed by atoms with E-state index in [2.05, 4.69) is 10.4 Å². The van der Waals surface area contributed by atoms with Crippen molar-refractivity contribution in [2.24, 2.45) is 0 Å². The van der Waals surface area contributed by atoms with Gasteiger partial charge in [-0.1, -0.05) is 6.07 Å². The molecule has 0 aliphatic rings. The van der Waals surface area contributed by atoms with E-state index in [0.29, 0.717) is 22.6 Å². The van der Waals surface area contributed by atoms with Gasteiger partial charge in [-0.3, -0.25) is 9.48 Å². The molecule has 0 fully saturated rings. The highest BCUT2D eigenvalue weighted by Crippen LogP contribution is 2.26. The molecule has 0 aliphatic heterocycles. The van der Waals surface area contributed by atoms with Crippen LogP contribution in [0, 0.1) is 56.8 Å². The normalized spacial score (nSPS) is 11.1. The number of aryl methyl sites for hydroxylation is 3. The summed E-state index contributed by atoms with van der Waals surface area (Å²) in [5.41, 5.74) is 2.27. The first-order chi connectivity index (χ1) is 14.0. The van der Waals surface area contributed by atoms with Crippen LogP contribution in [0.4, 0.5) is 27.6 Å². The summed E-state index contributed by atoms with van der Waals surface area (Å²) in [7, 11) is 0. The molecule has 1 amide bonds. The number of anilines is 1. The molecule has 9 heteroatoms. The van der Waals surface area contributed by atoms with Gasteiger partial charge < -0.3 is 5.32 Å². The zero-order valence-corrected chi connectivity index (χ0v) is 16.6. The summed E-state index contributed by atoms with van der Waals surface area (Å²) in [4.78, 5) is 12.6. The standard InChI is InChI=1S/C21H18F5N3O/c1-9-5-6-13(7-10(9)2)21(30)27-20-11(3)28-29(12(20)4)8-14-15(22)17(24)19(26)18(25)16(14)23/h5-7H,8H2,1-4H3,(H,27,30). The fourth-order valence-electron chi connectivity index (χ4n) is 3.04. The Labute approximate surface area is 169 Å². The number of hydrogen-bond donors (Lipinski definition) is 1. The molecule has 0 saturated heterocycles. The highest BCUT2D eigenvalue weighted by atomic mass is 19.2. The predicted molar refractivity (Wildman–Crippen MR) is 101 cm³/mol. The van der Waals surface area contributed by atoms with E-state index in [1.807, 2.05) is 13.8 Å². The summed E-state index contributed by atoms with van der Waals surface area (Å²) >= 11 is 0. The van der Waals surface area contributed by atoms with Crippen molar-refractivity contribution in [1.29, 1.82) is 0 Å². The summed E-state index contributed by atoms with van der Waals surface area (Å²) in [6.45, 7) is 6.15. The highest BCUT2D eigenvalue weighted by molar-refractivity contribution is 6.05. The topological polar surface area (TPSA) is 46.9 Å². The lowest BCUT2D eigenvalue weighted by Gasteiger charge is -2.11. The van der Waals surface area contributed by atoms with Crippen molar-refractivity contribution in [2.45, 2.75) is 34.2 Å². The summed E-state index contributed by atoms with van der Waals surface area (Å²) in [5, 5.41) is 6.77. The van der Waals surface area contributed by atoms with Crippen LogP contribution in [0.5, 0.6) is 0 Å². The number of rotatable bonds is 4. The monoisotopic (exact) mass is 423 g/mol. The van der Waals surface area contributed by atoms with Gasteiger partial charge in [-0.2, -0.15) is 5.10 Å². The van der Waals surface area contributed by atoms with Gasteiger partial charge in [0.2, 0.25) is 5.82 Å². The van der Waals surface area contributed by atoms with E-state index in [0.717, 1.165) is 15.8 Å². The van der Waals surface area contributed by atoms with Crippen molar-refractivity contribution >= 4 is 11.6 Å². The first kappa shape index (κ1) is 21.5. The molecule has 3 rings (SSSR count). The van der Waals surface area contributed by atoms with Gasteiger partial charge in [-0.05, 0) is 51.0 Å². The van der Waals surface area contributed by atoms with E-state index in [4.69, 9.17) is 0 Å². The Kier molecular flexibility index (Phi) is 5.65. The maximum Gasteiger partial charge on any atom is 0.255 e. The molecule has 3 aromatic rings. The summed E-state index contributed by atoms with van der Waals surface area (Å²) in [6, 6.07) is 5.17. The molecule has 1 heterocycles. The van der Waals surface area contributed by atoms with E-state index in [-0.39, 0.29) is 0 Å². The quantitative estimate of drug-likeness (QED) is 0.360. The van der Waals surface area contributed by atoms with E-state index in [1.54, 1.807) is 25.1 Å². The van der Waals surface area contributed by atoms with Crippen molar-refractivity contribution in [3.05, 3.63) is 80.9 Å². The van der Waals surface area contributed by atoms with Gasteiger partial charge in [0.1, 0.15) is 0 Å². The minimum Gasteiger partial charge on any atom is -0.319 e. The van der Waals surface area contributed by atoms with Gasteiger partial charge in [0.05, 0.1) is 29.2 Å². The van der Waals surface area contributed by atoms with E-state index < -0.39 is 47.1 Å². The SMILES string of the molecule is Cc1ccc(C(=O)Nc2c(C)nn(Cc3c(F)c(F)c(F)c(F)c3F)c2C)cc1C. The highest BCUT2D eigenvalue weighted by Gasteiger charge is 2.27. The molecule has 0 spiro atoms. The minimum atomic E-state index is -2.22. The second-order valence-corrected chi connectivity index (χ2v) is 7.01. The number of aromatic nitrogens is 2. The van der Waals surface area contributed by atoms with Gasteiger partial charge >= 0.3 is 0 Å². The molecule has 0 radical (unpaired) electrons. The third-order valence-electron chi connectivity index (χ3n) is 5.00. The smallest absolute Gasteiger partial charge is 0.255 e. The summed E-state index contributed by atoms with van der Waals surface area (Å²) in [6.07, 6.45) is 0. The molecular formula is C21H18F5N3O. The Hall–Kier alpha value is -3.23. The van der Waals surface area contributed by atoms with Crippen molar-refractivity contribution in [1.82, 2.24) is 9.78 Å². The number of carbonyl (C=O) groups is 1. The Morgan fingerprint density at radius 3 is 2.03 bits per heavy atom. The molecule has 4 nitrogen and oxygen atoms in total. The Balaban J connectivity index is 1.93. The molecule has 2 aromatic carbocycles. The zero-order valence-electron chi connectivity index (χ0n) is 16.6. The average Bonchev–Trinajstić information content (AvgIpc) is 2.97. The zero-order chi connectivity index (χ0) is 22.3. The van der Waals surface area contributed by atoms with Gasteiger partial charge in [-0.15, -0.1) is 0 Å². The van der Waals surface area contributed by atoms with Gasteiger partial charge in [-0.25, -0.2) is 22.0 Å². The number of amides is 1. The number of nitrogens with zero attached hydrogens (tertiary/aromatic N) is 2. The lowest BCUT2D eigenvalue weighted by Crippen LogP contribution is -2.15. The first-order valence-electron chi connectivity index (χ1n) is 8.95. The van der Waals surface area contributed by atoms with Crippen LogP contribution in [-0.2, 0) is 6.54 Å². The molecule has 158 valence electrons. The fourth-order valence-corrected chi connectivity index (χ4v) is 3.04. The van der Waals surface area contributed by atoms with Crippen LogP contribution in [-0.4, -0.2) is 15.7 Å². The van der Waals surface area contributed by atoms with Crippen LogP contribution in [0.25, 0.3) is 0 Å². The van der Waals surface area contributed by atoms with Crippen molar-refractivity contribution in [2.75, 3.05) is 5.32 Å². The van der Waals surface area contributed by atoms with Crippen LogP contribution in [0.1, 0.15) is 38.4 Å². The number of hydrogen-bond acceptors (Lipinski definition) is 2. The molecule has 0 unspecified atom stereocenters. The number of halogens is 5. The molecule has 0 bridgehead atoms.